The van der Waals surface area contributed by atoms with Crippen molar-refractivity contribution in [3.8, 4) is 0 Å². The molecule has 0 amide bonds. The lowest BCUT2D eigenvalue weighted by atomic mass is 9.88. The Hall–Kier alpha value is -0.610. The van der Waals surface area contributed by atoms with Crippen LogP contribution in [0.3, 0.4) is 0 Å². The van der Waals surface area contributed by atoms with Gasteiger partial charge in [-0.2, -0.15) is 0 Å². The Bertz CT molecular complexity index is 245. The number of nitrogens with zero attached hydrogens (tertiary/aromatic N) is 1. The van der Waals surface area contributed by atoms with Crippen LogP contribution < -0.4 is 0 Å². The smallest absolute Gasteiger partial charge is 0.332 e. The normalized spacial score (nSPS) is 27.9. The first-order valence-corrected chi connectivity index (χ1v) is 6.61. The monoisotopic (exact) mass is 243 g/mol. The van der Waals surface area contributed by atoms with Crippen LogP contribution in [0.1, 0.15) is 33.6 Å². The lowest BCUT2D eigenvalue weighted by Gasteiger charge is -2.35. The maximum absolute atomic E-state index is 10.9. The second-order valence-electron chi connectivity index (χ2n) is 5.11. The number of carbonyl (C=O) groups is 1. The van der Waals surface area contributed by atoms with Gasteiger partial charge in [-0.05, 0) is 38.1 Å². The lowest BCUT2D eigenvalue weighted by Crippen LogP contribution is -2.40. The van der Waals surface area contributed by atoms with E-state index in [-0.39, 0.29) is 0 Å². The SMILES string of the molecule is CCOC(CCN1CCC(C)C(C)C1)C(=O)O. The molecule has 4 nitrogen and oxygen atoms in total. The van der Waals surface area contributed by atoms with Gasteiger partial charge in [-0.15, -0.1) is 0 Å². The van der Waals surface area contributed by atoms with Gasteiger partial charge in [0.05, 0.1) is 0 Å². The molecule has 17 heavy (non-hydrogen) atoms. The van der Waals surface area contributed by atoms with Crippen molar-refractivity contribution in [3.63, 3.8) is 0 Å². The molecule has 3 atom stereocenters. The number of carboxylic acids is 1. The van der Waals surface area contributed by atoms with E-state index in [1.807, 2.05) is 6.92 Å². The third-order valence-corrected chi connectivity index (χ3v) is 3.77. The van der Waals surface area contributed by atoms with E-state index in [2.05, 4.69) is 18.7 Å². The molecule has 0 aromatic rings. The summed E-state index contributed by atoms with van der Waals surface area (Å²) in [6, 6.07) is 0. The van der Waals surface area contributed by atoms with Crippen molar-refractivity contribution in [2.45, 2.75) is 39.7 Å². The van der Waals surface area contributed by atoms with Gasteiger partial charge in [0.2, 0.25) is 0 Å². The molecule has 0 spiro atoms. The number of piperidine rings is 1. The molecule has 1 heterocycles. The molecule has 0 aromatic heterocycles. The van der Waals surface area contributed by atoms with E-state index in [1.54, 1.807) is 0 Å². The van der Waals surface area contributed by atoms with Crippen LogP contribution in [0.2, 0.25) is 0 Å². The second kappa shape index (κ2) is 6.97. The largest absolute Gasteiger partial charge is 0.479 e. The Labute approximate surface area is 104 Å². The summed E-state index contributed by atoms with van der Waals surface area (Å²) in [7, 11) is 0. The van der Waals surface area contributed by atoms with Gasteiger partial charge in [-0.3, -0.25) is 0 Å². The number of hydrogen-bond acceptors (Lipinski definition) is 3. The van der Waals surface area contributed by atoms with E-state index in [1.165, 1.54) is 6.42 Å². The molecule has 0 aromatic carbocycles. The average molecular weight is 243 g/mol. The van der Waals surface area contributed by atoms with Crippen molar-refractivity contribution in [1.82, 2.24) is 4.90 Å². The van der Waals surface area contributed by atoms with Gasteiger partial charge in [0, 0.05) is 19.7 Å². The van der Waals surface area contributed by atoms with Crippen molar-refractivity contribution in [1.29, 1.82) is 0 Å². The Morgan fingerprint density at radius 1 is 1.47 bits per heavy atom. The van der Waals surface area contributed by atoms with Gasteiger partial charge in [-0.1, -0.05) is 13.8 Å². The van der Waals surface area contributed by atoms with Gasteiger partial charge >= 0.3 is 5.97 Å². The first-order chi connectivity index (χ1) is 8.04. The summed E-state index contributed by atoms with van der Waals surface area (Å²) in [4.78, 5) is 13.3. The molecule has 1 aliphatic rings. The maximum atomic E-state index is 10.9. The van der Waals surface area contributed by atoms with Crippen molar-refractivity contribution >= 4 is 5.97 Å². The molecule has 0 saturated carbocycles. The van der Waals surface area contributed by atoms with Crippen molar-refractivity contribution in [2.24, 2.45) is 11.8 Å². The molecular formula is C13H25NO3. The maximum Gasteiger partial charge on any atom is 0.332 e. The molecule has 1 saturated heterocycles. The van der Waals surface area contributed by atoms with Gasteiger partial charge < -0.3 is 14.7 Å². The standard InChI is InChI=1S/C13H25NO3/c1-4-17-12(13(15)16)6-8-14-7-5-10(2)11(3)9-14/h10-12H,4-9H2,1-3H3,(H,15,16). The number of ether oxygens (including phenoxy) is 1. The second-order valence-corrected chi connectivity index (χ2v) is 5.11. The molecule has 3 unspecified atom stereocenters. The molecule has 100 valence electrons. The minimum atomic E-state index is -0.842. The zero-order valence-electron chi connectivity index (χ0n) is 11.2. The summed E-state index contributed by atoms with van der Waals surface area (Å²) in [5.41, 5.74) is 0. The summed E-state index contributed by atoms with van der Waals surface area (Å²) in [6.07, 6.45) is 1.16. The number of aliphatic carboxylic acids is 1. The highest BCUT2D eigenvalue weighted by Gasteiger charge is 2.24. The summed E-state index contributed by atoms with van der Waals surface area (Å²) in [6.45, 7) is 9.86. The quantitative estimate of drug-likeness (QED) is 0.773. The van der Waals surface area contributed by atoms with Crippen LogP contribution >= 0.6 is 0 Å². The Balaban J connectivity index is 2.31. The lowest BCUT2D eigenvalue weighted by molar-refractivity contribution is -0.150. The predicted molar refractivity (Wildman–Crippen MR) is 67.1 cm³/mol. The van der Waals surface area contributed by atoms with E-state index in [0.29, 0.717) is 18.9 Å². The van der Waals surface area contributed by atoms with E-state index < -0.39 is 12.1 Å². The third kappa shape index (κ3) is 4.64. The van der Waals surface area contributed by atoms with Crippen LogP contribution in [0.5, 0.6) is 0 Å². The van der Waals surface area contributed by atoms with Gasteiger partial charge in [0.15, 0.2) is 6.10 Å². The molecule has 0 radical (unpaired) electrons. The summed E-state index contributed by atoms with van der Waals surface area (Å²) in [5, 5.41) is 8.98. The summed E-state index contributed by atoms with van der Waals surface area (Å²) < 4.78 is 5.22. The number of rotatable bonds is 6. The van der Waals surface area contributed by atoms with Crippen LogP contribution in [0.25, 0.3) is 0 Å². The molecule has 1 rings (SSSR count). The van der Waals surface area contributed by atoms with Crippen LogP contribution in [0.15, 0.2) is 0 Å². The van der Waals surface area contributed by atoms with E-state index in [9.17, 15) is 4.79 Å². The third-order valence-electron chi connectivity index (χ3n) is 3.77. The molecule has 4 heteroatoms. The van der Waals surface area contributed by atoms with Gasteiger partial charge in [-0.25, -0.2) is 4.79 Å². The van der Waals surface area contributed by atoms with Crippen LogP contribution in [0.4, 0.5) is 0 Å². The molecule has 1 fully saturated rings. The minimum Gasteiger partial charge on any atom is -0.479 e. The van der Waals surface area contributed by atoms with E-state index in [0.717, 1.165) is 25.6 Å². The molecule has 0 bridgehead atoms. The van der Waals surface area contributed by atoms with E-state index >= 15 is 0 Å². The molecule has 1 N–H and O–H groups in total. The zero-order valence-corrected chi connectivity index (χ0v) is 11.2. The van der Waals surface area contributed by atoms with Gasteiger partial charge in [0.25, 0.3) is 0 Å². The fraction of sp³-hybridized carbons (Fsp3) is 0.923. The Morgan fingerprint density at radius 2 is 2.18 bits per heavy atom. The highest BCUT2D eigenvalue weighted by atomic mass is 16.5. The first-order valence-electron chi connectivity index (χ1n) is 6.61. The number of likely N-dealkylation sites (tertiary alicyclic amines) is 1. The average Bonchev–Trinajstić information content (AvgIpc) is 2.28. The first kappa shape index (κ1) is 14.5. The van der Waals surface area contributed by atoms with Crippen molar-refractivity contribution < 1.29 is 14.6 Å². The van der Waals surface area contributed by atoms with Crippen LogP contribution in [0, 0.1) is 11.8 Å². The minimum absolute atomic E-state index is 0.463. The Morgan fingerprint density at radius 3 is 2.71 bits per heavy atom. The molecular weight excluding hydrogens is 218 g/mol. The van der Waals surface area contributed by atoms with Crippen LogP contribution in [-0.2, 0) is 9.53 Å². The highest BCUT2D eigenvalue weighted by molar-refractivity contribution is 5.72. The van der Waals surface area contributed by atoms with E-state index in [4.69, 9.17) is 9.84 Å². The zero-order chi connectivity index (χ0) is 12.8. The predicted octanol–water partition coefficient (Wildman–Crippen LogP) is 1.84. The van der Waals surface area contributed by atoms with Crippen molar-refractivity contribution in [3.05, 3.63) is 0 Å². The molecule has 1 aliphatic heterocycles. The Kier molecular flexibility index (Phi) is 5.92. The highest BCUT2D eigenvalue weighted by Crippen LogP contribution is 2.22. The molecule has 0 aliphatic carbocycles. The van der Waals surface area contributed by atoms with Gasteiger partial charge in [0.1, 0.15) is 0 Å². The summed E-state index contributed by atoms with van der Waals surface area (Å²) in [5.74, 6) is 0.651. The summed E-state index contributed by atoms with van der Waals surface area (Å²) >= 11 is 0. The fourth-order valence-corrected chi connectivity index (χ4v) is 2.33. The van der Waals surface area contributed by atoms with Crippen LogP contribution in [-0.4, -0.2) is 48.3 Å². The number of hydrogen-bond donors (Lipinski definition) is 1. The topological polar surface area (TPSA) is 49.8 Å². The number of carboxylic acid groups (broad SMARTS) is 1. The fourth-order valence-electron chi connectivity index (χ4n) is 2.33. The van der Waals surface area contributed by atoms with Crippen molar-refractivity contribution in [2.75, 3.05) is 26.2 Å².